The molecule has 4 nitrogen and oxygen atoms in total. The van der Waals surface area contributed by atoms with E-state index in [1.165, 1.54) is 85.3 Å². The van der Waals surface area contributed by atoms with Crippen molar-refractivity contribution in [3.8, 4) is 0 Å². The predicted octanol–water partition coefficient (Wildman–Crippen LogP) is 18.4. The number of thiophene rings is 2. The lowest BCUT2D eigenvalue weighted by Crippen LogP contribution is -2.30. The van der Waals surface area contributed by atoms with E-state index in [9.17, 15) is 0 Å². The van der Waals surface area contributed by atoms with Crippen molar-refractivity contribution >= 4 is 141 Å². The second-order valence-electron chi connectivity index (χ2n) is 19.2. The van der Waals surface area contributed by atoms with Crippen LogP contribution in [0, 0.1) is 0 Å². The van der Waals surface area contributed by atoms with Crippen LogP contribution < -0.4 is 9.80 Å². The standard InChI is InChI=1S/C60H40N2O2S2/c1-59(2)41-19-7-9-21-43(41)61(47-23-13-17-37-33-15-5-11-25-51(33)65-57(37)47)45-29-27-35-39-31-50-40(32-49(39)63-55(35)53(45)59)36-28-30-46-54(56(36)64-50)60(3,4)42-20-8-10-22-44(42)62(46)48-24-14-18-38-34-16-6-12-26-52(34)66-58(38)48/h5-32H,1-4H3. The van der Waals surface area contributed by atoms with Gasteiger partial charge in [-0.25, -0.2) is 0 Å². The van der Waals surface area contributed by atoms with Crippen LogP contribution in [0.2, 0.25) is 0 Å². The van der Waals surface area contributed by atoms with E-state index in [0.29, 0.717) is 0 Å². The number of furan rings is 2. The first-order valence-electron chi connectivity index (χ1n) is 22.7. The molecule has 66 heavy (non-hydrogen) atoms. The zero-order valence-electron chi connectivity index (χ0n) is 36.7. The Balaban J connectivity index is 0.949. The smallest absolute Gasteiger partial charge is 0.141 e. The van der Waals surface area contributed by atoms with Crippen molar-refractivity contribution in [1.82, 2.24) is 0 Å². The van der Waals surface area contributed by atoms with Crippen molar-refractivity contribution in [2.75, 3.05) is 9.80 Å². The average Bonchev–Trinajstić information content (AvgIpc) is 4.11. The summed E-state index contributed by atoms with van der Waals surface area (Å²) in [6, 6.07) is 62.5. The van der Waals surface area contributed by atoms with Gasteiger partial charge < -0.3 is 18.6 Å². The number of benzene rings is 9. The Morgan fingerprint density at radius 2 is 0.742 bits per heavy atom. The lowest BCUT2D eigenvalue weighted by molar-refractivity contribution is 0.600. The molecule has 15 rings (SSSR count). The lowest BCUT2D eigenvalue weighted by Gasteiger charge is -2.42. The number of fused-ring (bicyclic) bond motifs is 18. The molecular weight excluding hydrogens is 845 g/mol. The highest BCUT2D eigenvalue weighted by Gasteiger charge is 2.42. The Labute approximate surface area is 388 Å². The largest absolute Gasteiger partial charge is 0.456 e. The van der Waals surface area contributed by atoms with Gasteiger partial charge in [0.1, 0.15) is 22.3 Å². The van der Waals surface area contributed by atoms with Crippen LogP contribution in [-0.4, -0.2) is 0 Å². The molecule has 0 saturated carbocycles. The van der Waals surface area contributed by atoms with Crippen molar-refractivity contribution in [3.63, 3.8) is 0 Å². The van der Waals surface area contributed by atoms with Crippen LogP contribution in [0.3, 0.4) is 0 Å². The maximum Gasteiger partial charge on any atom is 0.141 e. The summed E-state index contributed by atoms with van der Waals surface area (Å²) in [5.41, 5.74) is 14.9. The van der Waals surface area contributed by atoms with Crippen LogP contribution in [0.5, 0.6) is 0 Å². The quantitative estimate of drug-likeness (QED) is 0.173. The van der Waals surface area contributed by atoms with Gasteiger partial charge in [0.25, 0.3) is 0 Å². The van der Waals surface area contributed by atoms with Crippen molar-refractivity contribution in [2.45, 2.75) is 38.5 Å². The summed E-state index contributed by atoms with van der Waals surface area (Å²) in [5, 5.41) is 9.47. The summed E-state index contributed by atoms with van der Waals surface area (Å²) in [6.07, 6.45) is 0. The van der Waals surface area contributed by atoms with Crippen LogP contribution in [0.25, 0.3) is 84.2 Å². The molecule has 314 valence electrons. The Morgan fingerprint density at radius 3 is 1.21 bits per heavy atom. The van der Waals surface area contributed by atoms with Gasteiger partial charge in [-0.2, -0.15) is 0 Å². The molecule has 0 spiro atoms. The number of rotatable bonds is 2. The summed E-state index contributed by atoms with van der Waals surface area (Å²) >= 11 is 3.74. The van der Waals surface area contributed by atoms with Crippen LogP contribution in [0.15, 0.2) is 179 Å². The van der Waals surface area contributed by atoms with Gasteiger partial charge >= 0.3 is 0 Å². The molecule has 9 aromatic carbocycles. The molecule has 0 radical (unpaired) electrons. The fraction of sp³-hybridized carbons (Fsp3) is 0.100. The lowest BCUT2D eigenvalue weighted by atomic mass is 9.73. The summed E-state index contributed by atoms with van der Waals surface area (Å²) < 4.78 is 19.6. The van der Waals surface area contributed by atoms with E-state index in [4.69, 9.17) is 8.83 Å². The highest BCUT2D eigenvalue weighted by molar-refractivity contribution is 7.26. The second-order valence-corrected chi connectivity index (χ2v) is 21.3. The number of hydrogen-bond donors (Lipinski definition) is 0. The monoisotopic (exact) mass is 884 g/mol. The molecule has 0 atom stereocenters. The molecule has 2 aliphatic rings. The van der Waals surface area contributed by atoms with E-state index in [-0.39, 0.29) is 10.8 Å². The van der Waals surface area contributed by atoms with Crippen LogP contribution in [0.4, 0.5) is 34.1 Å². The number of nitrogens with zero attached hydrogens (tertiary/aromatic N) is 2. The number of para-hydroxylation sites is 2. The summed E-state index contributed by atoms with van der Waals surface area (Å²) in [4.78, 5) is 4.96. The molecule has 0 amide bonds. The van der Waals surface area contributed by atoms with Crippen LogP contribution >= 0.6 is 22.7 Å². The van der Waals surface area contributed by atoms with E-state index in [1.807, 2.05) is 22.7 Å². The van der Waals surface area contributed by atoms with E-state index >= 15 is 0 Å². The van der Waals surface area contributed by atoms with Gasteiger partial charge in [0, 0.05) is 74.4 Å². The first-order valence-corrected chi connectivity index (χ1v) is 24.4. The van der Waals surface area contributed by atoms with Crippen LogP contribution in [-0.2, 0) is 10.8 Å². The Kier molecular flexibility index (Phi) is 7.10. The zero-order valence-corrected chi connectivity index (χ0v) is 38.3. The molecule has 0 unspecified atom stereocenters. The maximum atomic E-state index is 7.22. The van der Waals surface area contributed by atoms with Gasteiger partial charge in [0.15, 0.2) is 0 Å². The van der Waals surface area contributed by atoms with Gasteiger partial charge in [0.2, 0.25) is 0 Å². The summed E-state index contributed by atoms with van der Waals surface area (Å²) in [6.45, 7) is 9.40. The molecule has 0 saturated heterocycles. The maximum absolute atomic E-state index is 7.22. The Morgan fingerprint density at radius 1 is 0.348 bits per heavy atom. The highest BCUT2D eigenvalue weighted by atomic mass is 32.1. The molecule has 2 aliphatic heterocycles. The third kappa shape index (κ3) is 4.62. The molecule has 6 heteroatoms. The molecular formula is C60H40N2O2S2. The van der Waals surface area contributed by atoms with E-state index in [2.05, 4.69) is 207 Å². The number of anilines is 6. The molecule has 0 N–H and O–H groups in total. The van der Waals surface area contributed by atoms with Crippen LogP contribution in [0.1, 0.15) is 49.9 Å². The normalized spacial score (nSPS) is 15.2. The Hall–Kier alpha value is -7.38. The minimum atomic E-state index is -0.345. The topological polar surface area (TPSA) is 32.8 Å². The predicted molar refractivity (Wildman–Crippen MR) is 280 cm³/mol. The van der Waals surface area contributed by atoms with E-state index < -0.39 is 0 Å². The molecule has 0 bridgehead atoms. The summed E-state index contributed by atoms with van der Waals surface area (Å²) in [7, 11) is 0. The fourth-order valence-corrected chi connectivity index (χ4v) is 14.4. The summed E-state index contributed by atoms with van der Waals surface area (Å²) in [5.74, 6) is 0. The average molecular weight is 885 g/mol. The molecule has 6 heterocycles. The van der Waals surface area contributed by atoms with Gasteiger partial charge in [-0.15, -0.1) is 22.7 Å². The highest BCUT2D eigenvalue weighted by Crippen LogP contribution is 2.59. The third-order valence-corrected chi connectivity index (χ3v) is 17.4. The number of hydrogen-bond acceptors (Lipinski definition) is 6. The van der Waals surface area contributed by atoms with Gasteiger partial charge in [-0.3, -0.25) is 0 Å². The molecule has 4 aromatic heterocycles. The molecule has 13 aromatic rings. The van der Waals surface area contributed by atoms with Gasteiger partial charge in [-0.1, -0.05) is 125 Å². The third-order valence-electron chi connectivity index (χ3n) is 15.0. The van der Waals surface area contributed by atoms with Crippen molar-refractivity contribution < 1.29 is 8.83 Å². The van der Waals surface area contributed by atoms with Crippen molar-refractivity contribution in [2.24, 2.45) is 0 Å². The minimum Gasteiger partial charge on any atom is -0.456 e. The second kappa shape index (κ2) is 12.7. The van der Waals surface area contributed by atoms with E-state index in [0.717, 1.165) is 55.3 Å². The van der Waals surface area contributed by atoms with Gasteiger partial charge in [0.05, 0.1) is 43.5 Å². The van der Waals surface area contributed by atoms with Gasteiger partial charge in [-0.05, 0) is 83.9 Å². The Bertz CT molecular complexity index is 4000. The minimum absolute atomic E-state index is 0.345. The first kappa shape index (κ1) is 36.9. The SMILES string of the molecule is CC1(C)c2ccccc2N(c2cccc3c2sc2ccccc23)c2ccc3c(oc4cc5c(cc43)oc3c4c(ccc35)N(c3cccc5c3sc3ccccc35)c3ccccc3C4(C)C)c21. The molecule has 0 fully saturated rings. The van der Waals surface area contributed by atoms with Crippen molar-refractivity contribution in [3.05, 3.63) is 192 Å². The van der Waals surface area contributed by atoms with Crippen molar-refractivity contribution in [1.29, 1.82) is 0 Å². The first-order chi connectivity index (χ1) is 32.3. The van der Waals surface area contributed by atoms with E-state index in [1.54, 1.807) is 0 Å². The molecule has 0 aliphatic carbocycles. The zero-order chi connectivity index (χ0) is 43.8. The fourth-order valence-electron chi connectivity index (χ4n) is 12.0.